The first-order valence-electron chi connectivity index (χ1n) is 6.65. The van der Waals surface area contributed by atoms with E-state index in [1.54, 1.807) is 42.5 Å². The van der Waals surface area contributed by atoms with Crippen LogP contribution in [0.5, 0.6) is 0 Å². The first-order chi connectivity index (χ1) is 11.0. The average molecular weight is 442 g/mol. The lowest BCUT2D eigenvalue weighted by Gasteiger charge is -2.05. The molecule has 0 aliphatic rings. The summed E-state index contributed by atoms with van der Waals surface area (Å²) in [5, 5.41) is 3.11. The van der Waals surface area contributed by atoms with Gasteiger partial charge in [-0.2, -0.15) is 0 Å². The van der Waals surface area contributed by atoms with Crippen molar-refractivity contribution in [3.63, 3.8) is 0 Å². The van der Waals surface area contributed by atoms with E-state index >= 15 is 0 Å². The van der Waals surface area contributed by atoms with Crippen LogP contribution in [0.15, 0.2) is 59.0 Å². The fourth-order valence-electron chi connectivity index (χ4n) is 2.00. The molecule has 0 spiro atoms. The molecule has 23 heavy (non-hydrogen) atoms. The van der Waals surface area contributed by atoms with Gasteiger partial charge < -0.3 is 9.73 Å². The quantitative estimate of drug-likeness (QED) is 0.538. The van der Waals surface area contributed by atoms with Crippen molar-refractivity contribution in [2.45, 2.75) is 0 Å². The standard InChI is InChI=1S/C17H10ClFINO2/c18-11-3-1-10(2-4-11)15-7-8-16(23-15)17(22)21-14-6-5-12(20)9-13(14)19/h1-9H,(H,21,22). The van der Waals surface area contributed by atoms with Gasteiger partial charge in [0.15, 0.2) is 5.76 Å². The largest absolute Gasteiger partial charge is 0.451 e. The molecule has 1 aromatic heterocycles. The van der Waals surface area contributed by atoms with E-state index in [1.807, 2.05) is 22.6 Å². The fourth-order valence-corrected chi connectivity index (χ4v) is 2.58. The van der Waals surface area contributed by atoms with Crippen molar-refractivity contribution >= 4 is 45.8 Å². The summed E-state index contributed by atoms with van der Waals surface area (Å²) in [7, 11) is 0. The SMILES string of the molecule is O=C(Nc1ccc(I)cc1F)c1ccc(-c2ccc(Cl)cc2)o1. The van der Waals surface area contributed by atoms with Crippen LogP contribution in [0, 0.1) is 9.39 Å². The Kier molecular flexibility index (Phi) is 4.68. The molecule has 6 heteroatoms. The maximum Gasteiger partial charge on any atom is 0.291 e. The number of benzene rings is 2. The smallest absolute Gasteiger partial charge is 0.291 e. The van der Waals surface area contributed by atoms with Crippen LogP contribution < -0.4 is 5.32 Å². The molecule has 0 saturated carbocycles. The molecule has 1 amide bonds. The van der Waals surface area contributed by atoms with Crippen LogP contribution in [-0.4, -0.2) is 5.91 Å². The molecule has 3 rings (SSSR count). The molecule has 1 N–H and O–H groups in total. The molecule has 3 nitrogen and oxygen atoms in total. The highest BCUT2D eigenvalue weighted by molar-refractivity contribution is 14.1. The van der Waals surface area contributed by atoms with E-state index in [4.69, 9.17) is 16.0 Å². The van der Waals surface area contributed by atoms with E-state index in [0.717, 1.165) is 9.13 Å². The van der Waals surface area contributed by atoms with Crippen LogP contribution in [0.3, 0.4) is 0 Å². The summed E-state index contributed by atoms with van der Waals surface area (Å²) in [5.74, 6) is -0.358. The van der Waals surface area contributed by atoms with Crippen LogP contribution in [0.2, 0.25) is 5.02 Å². The summed E-state index contributed by atoms with van der Waals surface area (Å²) in [6.45, 7) is 0. The molecule has 0 radical (unpaired) electrons. The van der Waals surface area contributed by atoms with E-state index in [9.17, 15) is 9.18 Å². The lowest BCUT2D eigenvalue weighted by molar-refractivity contribution is 0.0997. The summed E-state index contributed by atoms with van der Waals surface area (Å²) in [6.07, 6.45) is 0. The molecule has 3 aromatic rings. The van der Waals surface area contributed by atoms with Crippen molar-refractivity contribution in [2.24, 2.45) is 0 Å². The summed E-state index contributed by atoms with van der Waals surface area (Å²) in [4.78, 5) is 12.2. The van der Waals surface area contributed by atoms with E-state index in [2.05, 4.69) is 5.32 Å². The average Bonchev–Trinajstić information content (AvgIpc) is 3.01. The van der Waals surface area contributed by atoms with Crippen LogP contribution in [-0.2, 0) is 0 Å². The Morgan fingerprint density at radius 3 is 2.52 bits per heavy atom. The number of furan rings is 1. The van der Waals surface area contributed by atoms with Crippen LogP contribution in [0.25, 0.3) is 11.3 Å². The normalized spacial score (nSPS) is 10.6. The number of carbonyl (C=O) groups is 1. The fraction of sp³-hybridized carbons (Fsp3) is 0. The van der Waals surface area contributed by atoms with Gasteiger partial charge in [0, 0.05) is 14.2 Å². The summed E-state index contributed by atoms with van der Waals surface area (Å²) in [6, 6.07) is 14.9. The highest BCUT2D eigenvalue weighted by Crippen LogP contribution is 2.25. The third-order valence-corrected chi connectivity index (χ3v) is 4.06. The zero-order chi connectivity index (χ0) is 16.4. The molecular weight excluding hydrogens is 432 g/mol. The molecule has 1 heterocycles. The Morgan fingerprint density at radius 2 is 1.83 bits per heavy atom. The summed E-state index contributed by atoms with van der Waals surface area (Å²) < 4.78 is 20.1. The van der Waals surface area contributed by atoms with Crippen molar-refractivity contribution in [1.82, 2.24) is 0 Å². The molecule has 0 aliphatic heterocycles. The number of amides is 1. The van der Waals surface area contributed by atoms with Crippen molar-refractivity contribution in [2.75, 3.05) is 5.32 Å². The number of carbonyl (C=O) groups excluding carboxylic acids is 1. The first kappa shape index (κ1) is 16.0. The van der Waals surface area contributed by atoms with Gasteiger partial charge >= 0.3 is 0 Å². The predicted molar refractivity (Wildman–Crippen MR) is 96.2 cm³/mol. The van der Waals surface area contributed by atoms with Gasteiger partial charge in [-0.15, -0.1) is 0 Å². The van der Waals surface area contributed by atoms with Crippen molar-refractivity contribution < 1.29 is 13.6 Å². The van der Waals surface area contributed by atoms with Gasteiger partial charge in [0.25, 0.3) is 5.91 Å². The van der Waals surface area contributed by atoms with E-state index < -0.39 is 11.7 Å². The second kappa shape index (κ2) is 6.72. The van der Waals surface area contributed by atoms with Crippen LogP contribution in [0.4, 0.5) is 10.1 Å². The summed E-state index contributed by atoms with van der Waals surface area (Å²) in [5.41, 5.74) is 0.911. The lowest BCUT2D eigenvalue weighted by atomic mass is 10.2. The maximum atomic E-state index is 13.8. The van der Waals surface area contributed by atoms with Crippen LogP contribution >= 0.6 is 34.2 Å². The van der Waals surface area contributed by atoms with Crippen LogP contribution in [0.1, 0.15) is 10.6 Å². The number of hydrogen-bond acceptors (Lipinski definition) is 2. The Bertz CT molecular complexity index is 861. The molecule has 0 unspecified atom stereocenters. The molecule has 0 atom stereocenters. The topological polar surface area (TPSA) is 42.2 Å². The molecule has 116 valence electrons. The minimum atomic E-state index is -0.509. The van der Waals surface area contributed by atoms with Gasteiger partial charge in [-0.25, -0.2) is 4.39 Å². The lowest BCUT2D eigenvalue weighted by Crippen LogP contribution is -2.12. The van der Waals surface area contributed by atoms with Gasteiger partial charge in [-0.1, -0.05) is 11.6 Å². The van der Waals surface area contributed by atoms with Gasteiger partial charge in [0.05, 0.1) is 5.69 Å². The van der Waals surface area contributed by atoms with Gasteiger partial charge in [0.2, 0.25) is 0 Å². The van der Waals surface area contributed by atoms with Crippen molar-refractivity contribution in [3.05, 3.63) is 74.8 Å². The molecule has 0 saturated heterocycles. The number of anilines is 1. The second-order valence-electron chi connectivity index (χ2n) is 4.75. The Balaban J connectivity index is 1.79. The second-order valence-corrected chi connectivity index (χ2v) is 6.43. The Morgan fingerprint density at radius 1 is 1.09 bits per heavy atom. The maximum absolute atomic E-state index is 13.8. The Hall–Kier alpha value is -1.86. The zero-order valence-corrected chi connectivity index (χ0v) is 14.6. The third kappa shape index (κ3) is 3.73. The third-order valence-electron chi connectivity index (χ3n) is 3.14. The van der Waals surface area contributed by atoms with Gasteiger partial charge in [-0.05, 0) is 77.2 Å². The number of halogens is 3. The minimum Gasteiger partial charge on any atom is -0.451 e. The number of nitrogens with one attached hydrogen (secondary N) is 1. The molecule has 2 aromatic carbocycles. The molecule has 0 fully saturated rings. The van der Waals surface area contributed by atoms with Gasteiger partial charge in [0.1, 0.15) is 11.6 Å². The predicted octanol–water partition coefficient (Wildman–Crippen LogP) is 5.60. The number of hydrogen-bond donors (Lipinski definition) is 1. The Labute approximate surface area is 150 Å². The molecule has 0 bridgehead atoms. The zero-order valence-electron chi connectivity index (χ0n) is 11.6. The first-order valence-corrected chi connectivity index (χ1v) is 8.11. The van der Waals surface area contributed by atoms with E-state index in [1.165, 1.54) is 12.1 Å². The molecular formula is C17H10ClFINO2. The summed E-state index contributed by atoms with van der Waals surface area (Å²) >= 11 is 7.84. The van der Waals surface area contributed by atoms with E-state index in [-0.39, 0.29) is 11.4 Å². The van der Waals surface area contributed by atoms with Gasteiger partial charge in [-0.3, -0.25) is 4.79 Å². The number of rotatable bonds is 3. The highest BCUT2D eigenvalue weighted by atomic mass is 127. The minimum absolute atomic E-state index is 0.105. The van der Waals surface area contributed by atoms with Crippen molar-refractivity contribution in [1.29, 1.82) is 0 Å². The molecule has 0 aliphatic carbocycles. The van der Waals surface area contributed by atoms with E-state index in [0.29, 0.717) is 10.8 Å². The highest BCUT2D eigenvalue weighted by Gasteiger charge is 2.14. The van der Waals surface area contributed by atoms with Crippen molar-refractivity contribution in [3.8, 4) is 11.3 Å². The monoisotopic (exact) mass is 441 g/mol.